The van der Waals surface area contributed by atoms with E-state index < -0.39 is 0 Å². The van der Waals surface area contributed by atoms with Crippen molar-refractivity contribution < 1.29 is 0 Å². The lowest BCUT2D eigenvalue weighted by Crippen LogP contribution is -2.10. The number of allylic oxidation sites excluding steroid dienone is 4. The van der Waals surface area contributed by atoms with Gasteiger partial charge in [-0.25, -0.2) is 0 Å². The predicted molar refractivity (Wildman–Crippen MR) is 138 cm³/mol. The first-order chi connectivity index (χ1) is 15.8. The maximum atomic E-state index is 2.43. The molecule has 0 saturated heterocycles. The summed E-state index contributed by atoms with van der Waals surface area (Å²) in [7, 11) is 0. The third kappa shape index (κ3) is 4.58. The smallest absolute Gasteiger partial charge is 0.0462 e. The molecule has 0 spiro atoms. The quantitative estimate of drug-likeness (QED) is 0.372. The van der Waals surface area contributed by atoms with Crippen LogP contribution in [0.2, 0.25) is 0 Å². The van der Waals surface area contributed by atoms with E-state index >= 15 is 0 Å². The van der Waals surface area contributed by atoms with Crippen LogP contribution >= 0.6 is 0 Å². The van der Waals surface area contributed by atoms with Gasteiger partial charge in [0.05, 0.1) is 0 Å². The highest BCUT2D eigenvalue weighted by molar-refractivity contribution is 5.78. The maximum Gasteiger partial charge on any atom is 0.0462 e. The number of hydrogen-bond donors (Lipinski definition) is 0. The van der Waals surface area contributed by atoms with Crippen molar-refractivity contribution in [3.8, 4) is 0 Å². The Kier molecular flexibility index (Phi) is 6.25. The summed E-state index contributed by atoms with van der Waals surface area (Å²) in [5.41, 5.74) is 9.21. The number of benzene rings is 3. The van der Waals surface area contributed by atoms with Crippen LogP contribution in [0.4, 0.5) is 17.1 Å². The van der Waals surface area contributed by atoms with Crippen molar-refractivity contribution in [1.82, 2.24) is 0 Å². The summed E-state index contributed by atoms with van der Waals surface area (Å²) in [6, 6.07) is 27.2. The van der Waals surface area contributed by atoms with Crippen LogP contribution in [0.5, 0.6) is 0 Å². The van der Waals surface area contributed by atoms with Gasteiger partial charge in [0.1, 0.15) is 0 Å². The van der Waals surface area contributed by atoms with Crippen LogP contribution in [0, 0.1) is 6.92 Å². The largest absolute Gasteiger partial charge is 0.311 e. The predicted octanol–water partition coefficient (Wildman–Crippen LogP) is 9.25. The second kappa shape index (κ2) is 9.61. The lowest BCUT2D eigenvalue weighted by atomic mass is 9.89. The molecule has 0 N–H and O–H groups in total. The minimum Gasteiger partial charge on any atom is -0.311 e. The molecule has 0 heterocycles. The second-order valence-corrected chi connectivity index (χ2v) is 9.25. The topological polar surface area (TPSA) is 3.24 Å². The molecule has 0 saturated carbocycles. The Morgan fingerprint density at radius 2 is 1.34 bits per heavy atom. The molecule has 1 nitrogen and oxygen atoms in total. The van der Waals surface area contributed by atoms with Gasteiger partial charge in [-0.1, -0.05) is 60.2 Å². The number of hydrogen-bond acceptors (Lipinski definition) is 1. The molecule has 162 valence electrons. The van der Waals surface area contributed by atoms with Crippen molar-refractivity contribution >= 4 is 22.6 Å². The maximum absolute atomic E-state index is 2.43. The van der Waals surface area contributed by atoms with Crippen LogP contribution in [0.25, 0.3) is 5.57 Å². The standard InChI is InChI=1S/C31H33N/c1-24-12-18-29(19-13-24)32(30-20-14-27(15-21-30)25-8-4-2-5-9-25)31-22-16-28(17-23-31)26-10-6-3-7-11-26/h4,8,10,12-23,25H,2-3,5-7,9,11H2,1H3. The van der Waals surface area contributed by atoms with E-state index in [-0.39, 0.29) is 0 Å². The minimum atomic E-state index is 0.564. The van der Waals surface area contributed by atoms with Gasteiger partial charge < -0.3 is 4.90 Å². The molecule has 3 aromatic carbocycles. The van der Waals surface area contributed by atoms with E-state index in [2.05, 4.69) is 103 Å². The van der Waals surface area contributed by atoms with E-state index in [1.807, 2.05) is 0 Å². The van der Waals surface area contributed by atoms with E-state index in [0.29, 0.717) is 5.92 Å². The fraction of sp³-hybridized carbons (Fsp3) is 0.290. The molecule has 2 aliphatic carbocycles. The monoisotopic (exact) mass is 419 g/mol. The van der Waals surface area contributed by atoms with Crippen LogP contribution in [0.3, 0.4) is 0 Å². The Morgan fingerprint density at radius 1 is 0.688 bits per heavy atom. The lowest BCUT2D eigenvalue weighted by Gasteiger charge is -2.27. The first kappa shape index (κ1) is 20.8. The normalized spacial score (nSPS) is 18.3. The summed E-state index contributed by atoms with van der Waals surface area (Å²) in [4.78, 5) is 2.37. The lowest BCUT2D eigenvalue weighted by molar-refractivity contribution is 0.654. The fourth-order valence-corrected chi connectivity index (χ4v) is 5.03. The van der Waals surface area contributed by atoms with Crippen LogP contribution in [-0.4, -0.2) is 0 Å². The van der Waals surface area contributed by atoms with Gasteiger partial charge in [-0.15, -0.1) is 0 Å². The summed E-state index contributed by atoms with van der Waals surface area (Å²) < 4.78 is 0. The molecule has 1 atom stereocenters. The molecule has 32 heavy (non-hydrogen) atoms. The number of anilines is 3. The van der Waals surface area contributed by atoms with Gasteiger partial charge >= 0.3 is 0 Å². The molecule has 5 rings (SSSR count). The van der Waals surface area contributed by atoms with Crippen LogP contribution in [0.1, 0.15) is 67.6 Å². The molecular weight excluding hydrogens is 386 g/mol. The summed E-state index contributed by atoms with van der Waals surface area (Å²) in [5.74, 6) is 0.564. The summed E-state index contributed by atoms with van der Waals surface area (Å²) in [6.07, 6.45) is 16.0. The van der Waals surface area contributed by atoms with E-state index in [1.54, 1.807) is 0 Å². The van der Waals surface area contributed by atoms with E-state index in [4.69, 9.17) is 0 Å². The Balaban J connectivity index is 1.48. The Hall–Kier alpha value is -3.06. The number of aryl methyl sites for hydroxylation is 1. The molecule has 0 aromatic heterocycles. The van der Waals surface area contributed by atoms with Gasteiger partial charge in [0, 0.05) is 23.0 Å². The third-order valence-electron chi connectivity index (χ3n) is 6.91. The average molecular weight is 420 g/mol. The van der Waals surface area contributed by atoms with E-state index in [1.165, 1.54) is 84.3 Å². The van der Waals surface area contributed by atoms with Crippen molar-refractivity contribution in [2.75, 3.05) is 4.90 Å². The molecule has 0 bridgehead atoms. The molecule has 0 fully saturated rings. The van der Waals surface area contributed by atoms with Crippen molar-refractivity contribution in [1.29, 1.82) is 0 Å². The first-order valence-corrected chi connectivity index (χ1v) is 12.2. The van der Waals surface area contributed by atoms with E-state index in [0.717, 1.165) is 0 Å². The average Bonchev–Trinajstić information content (AvgIpc) is 2.87. The van der Waals surface area contributed by atoms with Gasteiger partial charge in [0.25, 0.3) is 0 Å². The molecule has 1 unspecified atom stereocenters. The van der Waals surface area contributed by atoms with Crippen molar-refractivity contribution in [2.45, 2.75) is 57.8 Å². The zero-order valence-electron chi connectivity index (χ0n) is 19.1. The summed E-state index contributed by atoms with van der Waals surface area (Å²) in [5, 5.41) is 0. The molecule has 1 heteroatoms. The van der Waals surface area contributed by atoms with E-state index in [9.17, 15) is 0 Å². The fourth-order valence-electron chi connectivity index (χ4n) is 5.03. The molecule has 0 amide bonds. The number of nitrogens with zero attached hydrogens (tertiary/aromatic N) is 1. The van der Waals surface area contributed by atoms with Crippen molar-refractivity contribution in [3.05, 3.63) is 108 Å². The van der Waals surface area contributed by atoms with Crippen LogP contribution in [-0.2, 0) is 0 Å². The van der Waals surface area contributed by atoms with Gasteiger partial charge in [-0.3, -0.25) is 0 Å². The van der Waals surface area contributed by atoms with Gasteiger partial charge in [0.2, 0.25) is 0 Å². The van der Waals surface area contributed by atoms with Gasteiger partial charge in [0.15, 0.2) is 0 Å². The minimum absolute atomic E-state index is 0.564. The molecular formula is C31H33N. The highest BCUT2D eigenvalue weighted by atomic mass is 15.1. The molecule has 3 aromatic rings. The van der Waals surface area contributed by atoms with Gasteiger partial charge in [-0.05, 0) is 105 Å². The zero-order valence-corrected chi connectivity index (χ0v) is 19.1. The summed E-state index contributed by atoms with van der Waals surface area (Å²) in [6.45, 7) is 2.15. The number of rotatable bonds is 5. The second-order valence-electron chi connectivity index (χ2n) is 9.25. The zero-order chi connectivity index (χ0) is 21.8. The van der Waals surface area contributed by atoms with Crippen LogP contribution < -0.4 is 4.90 Å². The Labute approximate surface area is 193 Å². The van der Waals surface area contributed by atoms with Crippen molar-refractivity contribution in [3.63, 3.8) is 0 Å². The summed E-state index contributed by atoms with van der Waals surface area (Å²) >= 11 is 0. The van der Waals surface area contributed by atoms with Gasteiger partial charge in [-0.2, -0.15) is 0 Å². The SMILES string of the molecule is Cc1ccc(N(c2ccc(C3=CCCCC3)cc2)c2ccc(C3C=CCCC3)cc2)cc1. The third-order valence-corrected chi connectivity index (χ3v) is 6.91. The highest BCUT2D eigenvalue weighted by Gasteiger charge is 2.15. The highest BCUT2D eigenvalue weighted by Crippen LogP contribution is 2.37. The first-order valence-electron chi connectivity index (χ1n) is 12.2. The Morgan fingerprint density at radius 3 is 1.94 bits per heavy atom. The Bertz CT molecular complexity index is 1080. The van der Waals surface area contributed by atoms with Crippen LogP contribution in [0.15, 0.2) is 91.0 Å². The molecule has 0 aliphatic heterocycles. The molecule has 2 aliphatic rings. The molecule has 0 radical (unpaired) electrons. The van der Waals surface area contributed by atoms with Crippen molar-refractivity contribution in [2.24, 2.45) is 0 Å².